The number of carbonyl (C=O) groups is 2. The van der Waals surface area contributed by atoms with Crippen molar-refractivity contribution in [3.05, 3.63) is 52.8 Å². The second-order valence-corrected chi connectivity index (χ2v) is 4.96. The van der Waals surface area contributed by atoms with E-state index in [1.807, 2.05) is 37.3 Å². The molecule has 0 saturated carbocycles. The van der Waals surface area contributed by atoms with Crippen LogP contribution in [0.1, 0.15) is 18.1 Å². The highest BCUT2D eigenvalue weighted by Crippen LogP contribution is 2.35. The van der Waals surface area contributed by atoms with E-state index in [0.717, 1.165) is 11.1 Å². The first-order valence-electron chi connectivity index (χ1n) is 7.40. The van der Waals surface area contributed by atoms with Gasteiger partial charge in [-0.3, -0.25) is 4.79 Å². The van der Waals surface area contributed by atoms with Crippen molar-refractivity contribution in [2.45, 2.75) is 13.3 Å². The van der Waals surface area contributed by atoms with E-state index in [-0.39, 0.29) is 12.2 Å². The number of hydrogen-bond donors (Lipinski definition) is 0. The van der Waals surface area contributed by atoms with Gasteiger partial charge >= 0.3 is 5.97 Å². The number of fused-ring (bicyclic) bond motifs is 1. The number of esters is 1. The zero-order valence-corrected chi connectivity index (χ0v) is 13.5. The SMILES string of the molecule is CCOC1=CCc2ccccc2C1=C(C(=O)COC)C(=O)OC. The molecule has 122 valence electrons. The van der Waals surface area contributed by atoms with Crippen molar-refractivity contribution in [3.8, 4) is 0 Å². The van der Waals surface area contributed by atoms with Crippen molar-refractivity contribution in [2.24, 2.45) is 0 Å². The number of allylic oxidation sites excluding steroid dienone is 2. The van der Waals surface area contributed by atoms with E-state index in [1.165, 1.54) is 14.2 Å². The van der Waals surface area contributed by atoms with Gasteiger partial charge in [0.05, 0.1) is 13.7 Å². The number of carbonyl (C=O) groups excluding carboxylic acids is 2. The monoisotopic (exact) mass is 316 g/mol. The summed E-state index contributed by atoms with van der Waals surface area (Å²) in [6.07, 6.45) is 2.56. The van der Waals surface area contributed by atoms with Gasteiger partial charge in [-0.15, -0.1) is 0 Å². The van der Waals surface area contributed by atoms with Crippen LogP contribution in [0.4, 0.5) is 0 Å². The van der Waals surface area contributed by atoms with Crippen LogP contribution in [0.5, 0.6) is 0 Å². The van der Waals surface area contributed by atoms with Gasteiger partial charge in [0.2, 0.25) is 0 Å². The van der Waals surface area contributed by atoms with Gasteiger partial charge < -0.3 is 14.2 Å². The predicted octanol–water partition coefficient (Wildman–Crippen LogP) is 2.31. The summed E-state index contributed by atoms with van der Waals surface area (Å²) in [7, 11) is 2.66. The second-order valence-electron chi connectivity index (χ2n) is 4.96. The minimum atomic E-state index is -0.690. The van der Waals surface area contributed by atoms with E-state index >= 15 is 0 Å². The molecule has 0 atom stereocenters. The van der Waals surface area contributed by atoms with Crippen LogP contribution in [-0.2, 0) is 30.2 Å². The van der Waals surface area contributed by atoms with Gasteiger partial charge in [-0.1, -0.05) is 24.3 Å². The average molecular weight is 316 g/mol. The summed E-state index contributed by atoms with van der Waals surface area (Å²) in [6.45, 7) is 2.09. The van der Waals surface area contributed by atoms with E-state index in [1.54, 1.807) is 0 Å². The number of hydrogen-bond acceptors (Lipinski definition) is 5. The van der Waals surface area contributed by atoms with Crippen LogP contribution in [0.3, 0.4) is 0 Å². The summed E-state index contributed by atoms with van der Waals surface area (Å²) in [5.74, 6) is -0.600. The fourth-order valence-electron chi connectivity index (χ4n) is 2.58. The third-order valence-electron chi connectivity index (χ3n) is 3.53. The zero-order valence-electron chi connectivity index (χ0n) is 13.5. The minimum Gasteiger partial charge on any atom is -0.494 e. The lowest BCUT2D eigenvalue weighted by molar-refractivity contribution is -0.138. The topological polar surface area (TPSA) is 61.8 Å². The van der Waals surface area contributed by atoms with E-state index in [4.69, 9.17) is 14.2 Å². The van der Waals surface area contributed by atoms with Gasteiger partial charge in [-0.2, -0.15) is 0 Å². The van der Waals surface area contributed by atoms with Gasteiger partial charge in [0.25, 0.3) is 0 Å². The van der Waals surface area contributed by atoms with Crippen LogP contribution >= 0.6 is 0 Å². The van der Waals surface area contributed by atoms with Crippen molar-refractivity contribution in [1.82, 2.24) is 0 Å². The molecule has 5 nitrogen and oxygen atoms in total. The lowest BCUT2D eigenvalue weighted by Gasteiger charge is -2.22. The Labute approximate surface area is 135 Å². The largest absolute Gasteiger partial charge is 0.494 e. The smallest absolute Gasteiger partial charge is 0.342 e. The summed E-state index contributed by atoms with van der Waals surface area (Å²) in [4.78, 5) is 24.7. The number of ketones is 1. The summed E-state index contributed by atoms with van der Waals surface area (Å²) in [5.41, 5.74) is 2.27. The first-order chi connectivity index (χ1) is 11.1. The van der Waals surface area contributed by atoms with Crippen LogP contribution in [-0.4, -0.2) is 39.2 Å². The summed E-state index contributed by atoms with van der Waals surface area (Å²) in [5, 5.41) is 0. The van der Waals surface area contributed by atoms with E-state index in [0.29, 0.717) is 24.4 Å². The Bertz CT molecular complexity index is 670. The van der Waals surface area contributed by atoms with Crippen LogP contribution in [0.25, 0.3) is 5.57 Å². The molecular formula is C18H20O5. The maximum atomic E-state index is 12.4. The van der Waals surface area contributed by atoms with Gasteiger partial charge in [-0.25, -0.2) is 4.79 Å². The molecule has 0 unspecified atom stereocenters. The Morgan fingerprint density at radius 3 is 2.57 bits per heavy atom. The fourth-order valence-corrected chi connectivity index (χ4v) is 2.58. The molecule has 5 heteroatoms. The maximum Gasteiger partial charge on any atom is 0.342 e. The van der Waals surface area contributed by atoms with Crippen molar-refractivity contribution in [2.75, 3.05) is 27.4 Å². The molecule has 0 N–H and O–H groups in total. The molecule has 1 aliphatic rings. The third kappa shape index (κ3) is 3.51. The number of benzene rings is 1. The van der Waals surface area contributed by atoms with E-state index < -0.39 is 11.8 Å². The Morgan fingerprint density at radius 1 is 1.17 bits per heavy atom. The molecule has 0 fully saturated rings. The molecule has 0 heterocycles. The van der Waals surface area contributed by atoms with Gasteiger partial charge in [-0.05, 0) is 30.5 Å². The first kappa shape index (κ1) is 17.0. The van der Waals surface area contributed by atoms with Gasteiger partial charge in [0.15, 0.2) is 5.78 Å². The molecule has 1 aromatic carbocycles. The highest BCUT2D eigenvalue weighted by molar-refractivity contribution is 6.24. The average Bonchev–Trinajstić information content (AvgIpc) is 2.57. The zero-order chi connectivity index (χ0) is 16.8. The van der Waals surface area contributed by atoms with Crippen molar-refractivity contribution in [1.29, 1.82) is 0 Å². The fraction of sp³-hybridized carbons (Fsp3) is 0.333. The molecular weight excluding hydrogens is 296 g/mol. The molecule has 0 bridgehead atoms. The quantitative estimate of drug-likeness (QED) is 0.349. The number of ether oxygens (including phenoxy) is 3. The first-order valence-corrected chi connectivity index (χ1v) is 7.40. The molecule has 0 spiro atoms. The van der Waals surface area contributed by atoms with Crippen molar-refractivity contribution >= 4 is 17.3 Å². The normalized spacial score (nSPS) is 15.3. The van der Waals surface area contributed by atoms with Gasteiger partial charge in [0.1, 0.15) is 17.9 Å². The predicted molar refractivity (Wildman–Crippen MR) is 85.7 cm³/mol. The summed E-state index contributed by atoms with van der Waals surface area (Å²) >= 11 is 0. The van der Waals surface area contributed by atoms with Crippen molar-refractivity contribution < 1.29 is 23.8 Å². The molecule has 23 heavy (non-hydrogen) atoms. The number of rotatable bonds is 6. The molecule has 1 aliphatic carbocycles. The maximum absolute atomic E-state index is 12.4. The van der Waals surface area contributed by atoms with Crippen molar-refractivity contribution in [3.63, 3.8) is 0 Å². The Kier molecular flexibility index (Phi) is 5.71. The molecule has 0 saturated heterocycles. The minimum absolute atomic E-state index is 0.0406. The number of Topliss-reactive ketones (excluding diaryl/α,β-unsaturated/α-hetero) is 1. The molecule has 1 aromatic rings. The molecule has 0 amide bonds. The highest BCUT2D eigenvalue weighted by Gasteiger charge is 2.30. The Balaban J connectivity index is 2.70. The summed E-state index contributed by atoms with van der Waals surface area (Å²) in [6, 6.07) is 7.62. The molecule has 0 radical (unpaired) electrons. The van der Waals surface area contributed by atoms with Gasteiger partial charge in [0, 0.05) is 12.7 Å². The standard InChI is InChI=1S/C18H20O5/c1-4-23-15-10-9-12-7-5-6-8-13(12)16(15)17(18(20)22-3)14(19)11-21-2/h5-8,10H,4,9,11H2,1-3H3. The lowest BCUT2D eigenvalue weighted by Crippen LogP contribution is -2.22. The Hall–Kier alpha value is -2.40. The number of methoxy groups -OCH3 is 2. The van der Waals surface area contributed by atoms with E-state index in [2.05, 4.69) is 0 Å². The third-order valence-corrected chi connectivity index (χ3v) is 3.53. The van der Waals surface area contributed by atoms with E-state index in [9.17, 15) is 9.59 Å². The Morgan fingerprint density at radius 2 is 1.91 bits per heavy atom. The van der Waals surface area contributed by atoms with Crippen LogP contribution < -0.4 is 0 Å². The lowest BCUT2D eigenvalue weighted by atomic mass is 9.87. The summed E-state index contributed by atoms with van der Waals surface area (Å²) < 4.78 is 15.4. The highest BCUT2D eigenvalue weighted by atomic mass is 16.5. The molecule has 2 rings (SSSR count). The second kappa shape index (κ2) is 7.74. The van der Waals surface area contributed by atoms with Crippen LogP contribution in [0.2, 0.25) is 0 Å². The van der Waals surface area contributed by atoms with Crippen LogP contribution in [0.15, 0.2) is 41.7 Å². The molecule has 0 aliphatic heterocycles. The molecule has 0 aromatic heterocycles. The van der Waals surface area contributed by atoms with Crippen LogP contribution in [0, 0.1) is 0 Å².